The Morgan fingerprint density at radius 3 is 2.29 bits per heavy atom. The second-order valence-electron chi connectivity index (χ2n) is 5.15. The van der Waals surface area contributed by atoms with E-state index in [-0.39, 0.29) is 11.3 Å². The first-order valence-electron chi connectivity index (χ1n) is 5.07. The molecule has 0 fully saturated rings. The molecule has 3 nitrogen and oxygen atoms in total. The van der Waals surface area contributed by atoms with Crippen LogP contribution in [0.1, 0.15) is 40.5 Å². The Balaban J connectivity index is 3.95. The van der Waals surface area contributed by atoms with E-state index >= 15 is 0 Å². The molecule has 0 rings (SSSR count). The van der Waals surface area contributed by atoms with Crippen molar-refractivity contribution in [1.82, 2.24) is 5.06 Å². The lowest BCUT2D eigenvalue weighted by Gasteiger charge is -2.24. The normalized spacial score (nSPS) is 13.9. The van der Waals surface area contributed by atoms with E-state index in [2.05, 4.69) is 27.7 Å². The average molecular weight is 201 g/mol. The number of hydrogen-bond acceptors (Lipinski definition) is 2. The maximum Gasteiger partial charge on any atom is 0.246 e. The van der Waals surface area contributed by atoms with E-state index in [4.69, 9.17) is 4.84 Å². The molecule has 1 atom stereocenters. The van der Waals surface area contributed by atoms with Crippen LogP contribution < -0.4 is 0 Å². The van der Waals surface area contributed by atoms with Crippen LogP contribution in [0.25, 0.3) is 0 Å². The molecule has 3 heteroatoms. The summed E-state index contributed by atoms with van der Waals surface area (Å²) in [5, 5.41) is 1.29. The zero-order valence-electron chi connectivity index (χ0n) is 10.3. The smallest absolute Gasteiger partial charge is 0.246 e. The van der Waals surface area contributed by atoms with Crippen molar-refractivity contribution >= 4 is 5.91 Å². The largest absolute Gasteiger partial charge is 0.275 e. The van der Waals surface area contributed by atoms with Gasteiger partial charge in [0, 0.05) is 13.5 Å². The molecule has 0 saturated carbocycles. The molecule has 84 valence electrons. The molecule has 0 radical (unpaired) electrons. The fraction of sp³-hybridized carbons (Fsp3) is 0.909. The lowest BCUT2D eigenvalue weighted by molar-refractivity contribution is -0.169. The van der Waals surface area contributed by atoms with Gasteiger partial charge in [-0.1, -0.05) is 27.7 Å². The molecule has 0 bridgehead atoms. The van der Waals surface area contributed by atoms with Gasteiger partial charge in [0.1, 0.15) is 0 Å². The van der Waals surface area contributed by atoms with Crippen LogP contribution in [0.15, 0.2) is 0 Å². The quantitative estimate of drug-likeness (QED) is 0.654. The van der Waals surface area contributed by atoms with E-state index in [9.17, 15) is 4.79 Å². The Labute approximate surface area is 87.4 Å². The van der Waals surface area contributed by atoms with Crippen molar-refractivity contribution in [1.29, 1.82) is 0 Å². The van der Waals surface area contributed by atoms with E-state index in [0.717, 1.165) is 6.42 Å². The first-order chi connectivity index (χ1) is 6.26. The molecule has 0 aliphatic rings. The van der Waals surface area contributed by atoms with Gasteiger partial charge in [-0.25, -0.2) is 5.06 Å². The van der Waals surface area contributed by atoms with Crippen LogP contribution in [0.4, 0.5) is 0 Å². The molecule has 0 aromatic carbocycles. The molecule has 0 aromatic heterocycles. The Kier molecular flexibility index (Phi) is 5.13. The number of carbonyl (C=O) groups is 1. The van der Waals surface area contributed by atoms with Crippen LogP contribution >= 0.6 is 0 Å². The number of hydroxylamine groups is 2. The van der Waals surface area contributed by atoms with E-state index in [1.54, 1.807) is 7.05 Å². The first kappa shape index (κ1) is 13.4. The molecule has 0 aliphatic heterocycles. The lowest BCUT2D eigenvalue weighted by atomic mass is 9.84. The average Bonchev–Trinajstić information content (AvgIpc) is 1.99. The van der Waals surface area contributed by atoms with Gasteiger partial charge in [-0.2, -0.15) is 0 Å². The van der Waals surface area contributed by atoms with Crippen molar-refractivity contribution in [2.75, 3.05) is 14.2 Å². The van der Waals surface area contributed by atoms with E-state index in [1.165, 1.54) is 12.2 Å². The zero-order valence-corrected chi connectivity index (χ0v) is 10.3. The zero-order chi connectivity index (χ0) is 11.4. The molecule has 14 heavy (non-hydrogen) atoms. The summed E-state index contributed by atoms with van der Waals surface area (Å²) in [7, 11) is 3.15. The maximum absolute atomic E-state index is 11.5. The minimum atomic E-state index is 0.0456. The van der Waals surface area contributed by atoms with E-state index < -0.39 is 0 Å². The van der Waals surface area contributed by atoms with Gasteiger partial charge in [0.05, 0.1) is 7.11 Å². The van der Waals surface area contributed by atoms with Crippen LogP contribution in [0.5, 0.6) is 0 Å². The highest BCUT2D eigenvalue weighted by Gasteiger charge is 2.19. The predicted octanol–water partition coefficient (Wildman–Crippen LogP) is 2.47. The molecule has 0 aromatic rings. The molecular formula is C11H23NO2. The number of amides is 1. The molecule has 0 heterocycles. The number of hydrogen-bond donors (Lipinski definition) is 0. The van der Waals surface area contributed by atoms with Gasteiger partial charge in [-0.3, -0.25) is 9.63 Å². The minimum Gasteiger partial charge on any atom is -0.275 e. The first-order valence-corrected chi connectivity index (χ1v) is 5.07. The standard InChI is InChI=1S/C11H23NO2/c1-9(8-11(2,3)4)7-10(13)12(5)14-6/h9H,7-8H2,1-6H3. The van der Waals surface area contributed by atoms with Crippen LogP contribution in [-0.4, -0.2) is 25.1 Å². The molecule has 0 saturated heterocycles. The van der Waals surface area contributed by atoms with E-state index in [0.29, 0.717) is 12.3 Å². The number of nitrogens with zero attached hydrogens (tertiary/aromatic N) is 1. The Hall–Kier alpha value is -0.570. The third-order valence-corrected chi connectivity index (χ3v) is 2.11. The van der Waals surface area contributed by atoms with Crippen molar-refractivity contribution in [2.24, 2.45) is 11.3 Å². The SMILES string of the molecule is CON(C)C(=O)CC(C)CC(C)(C)C. The van der Waals surface area contributed by atoms with Crippen molar-refractivity contribution in [3.8, 4) is 0 Å². The van der Waals surface area contributed by atoms with Gasteiger partial charge < -0.3 is 0 Å². The van der Waals surface area contributed by atoms with E-state index in [1.807, 2.05) is 0 Å². The van der Waals surface area contributed by atoms with Crippen molar-refractivity contribution in [3.05, 3.63) is 0 Å². The van der Waals surface area contributed by atoms with Gasteiger partial charge in [-0.05, 0) is 17.8 Å². The summed E-state index contributed by atoms with van der Waals surface area (Å²) in [6.45, 7) is 8.67. The van der Waals surface area contributed by atoms with Gasteiger partial charge in [0.2, 0.25) is 5.91 Å². The van der Waals surface area contributed by atoms with Gasteiger partial charge >= 0.3 is 0 Å². The number of carbonyl (C=O) groups excluding carboxylic acids is 1. The molecule has 0 spiro atoms. The van der Waals surface area contributed by atoms with Gasteiger partial charge in [-0.15, -0.1) is 0 Å². The highest BCUT2D eigenvalue weighted by atomic mass is 16.7. The van der Waals surface area contributed by atoms with Crippen molar-refractivity contribution in [2.45, 2.75) is 40.5 Å². The van der Waals surface area contributed by atoms with Crippen LogP contribution in [0.2, 0.25) is 0 Å². The van der Waals surface area contributed by atoms with Crippen molar-refractivity contribution in [3.63, 3.8) is 0 Å². The summed E-state index contributed by atoms with van der Waals surface area (Å²) in [6.07, 6.45) is 1.61. The molecule has 0 N–H and O–H groups in total. The van der Waals surface area contributed by atoms with Gasteiger partial charge in [0.25, 0.3) is 0 Å². The maximum atomic E-state index is 11.5. The fourth-order valence-corrected chi connectivity index (χ4v) is 1.65. The lowest BCUT2D eigenvalue weighted by Crippen LogP contribution is -2.27. The molecule has 1 amide bonds. The third-order valence-electron chi connectivity index (χ3n) is 2.11. The molecular weight excluding hydrogens is 178 g/mol. The summed E-state index contributed by atoms with van der Waals surface area (Å²) in [6, 6.07) is 0. The summed E-state index contributed by atoms with van der Waals surface area (Å²) in [5.41, 5.74) is 0.283. The molecule has 1 unspecified atom stereocenters. The van der Waals surface area contributed by atoms with Crippen LogP contribution in [0, 0.1) is 11.3 Å². The number of rotatable bonds is 4. The topological polar surface area (TPSA) is 29.5 Å². The minimum absolute atomic E-state index is 0.0456. The van der Waals surface area contributed by atoms with Crippen LogP contribution in [0.3, 0.4) is 0 Å². The Morgan fingerprint density at radius 1 is 1.43 bits per heavy atom. The third kappa shape index (κ3) is 5.97. The summed E-state index contributed by atoms with van der Waals surface area (Å²) in [5.74, 6) is 0.448. The Morgan fingerprint density at radius 2 is 1.93 bits per heavy atom. The monoisotopic (exact) mass is 201 g/mol. The second-order valence-corrected chi connectivity index (χ2v) is 5.15. The Bertz CT molecular complexity index is 184. The van der Waals surface area contributed by atoms with Crippen molar-refractivity contribution < 1.29 is 9.63 Å². The highest BCUT2D eigenvalue weighted by molar-refractivity contribution is 5.74. The van der Waals surface area contributed by atoms with Crippen LogP contribution in [-0.2, 0) is 9.63 Å². The summed E-state index contributed by atoms with van der Waals surface area (Å²) in [4.78, 5) is 16.3. The molecule has 0 aliphatic carbocycles. The summed E-state index contributed by atoms with van der Waals surface area (Å²) >= 11 is 0. The summed E-state index contributed by atoms with van der Waals surface area (Å²) < 4.78 is 0. The fourth-order valence-electron chi connectivity index (χ4n) is 1.65. The second kappa shape index (κ2) is 5.35. The van der Waals surface area contributed by atoms with Gasteiger partial charge in [0.15, 0.2) is 0 Å². The predicted molar refractivity (Wildman–Crippen MR) is 57.6 cm³/mol. The highest BCUT2D eigenvalue weighted by Crippen LogP contribution is 2.26.